The second kappa shape index (κ2) is 6.19. The van der Waals surface area contributed by atoms with Gasteiger partial charge in [0, 0.05) is 10.9 Å². The van der Waals surface area contributed by atoms with Crippen LogP contribution in [0.2, 0.25) is 0 Å². The molecule has 2 saturated carbocycles. The average Bonchev–Trinajstić information content (AvgIpc) is 3.00. The van der Waals surface area contributed by atoms with Gasteiger partial charge in [-0.2, -0.15) is 0 Å². The topological polar surface area (TPSA) is 75.1 Å². The van der Waals surface area contributed by atoms with Crippen molar-refractivity contribution < 1.29 is 9.90 Å². The number of rotatable bonds is 3. The number of fused-ring (bicyclic) bond motifs is 3. The van der Waals surface area contributed by atoms with Crippen molar-refractivity contribution in [3.8, 4) is 0 Å². The van der Waals surface area contributed by atoms with E-state index >= 15 is 0 Å². The fourth-order valence-electron chi connectivity index (χ4n) is 5.37. The number of nitrogens with zero attached hydrogens (tertiary/aromatic N) is 2. The summed E-state index contributed by atoms with van der Waals surface area (Å²) in [4.78, 5) is 22.9. The fourth-order valence-corrected chi connectivity index (χ4v) is 6.59. The van der Waals surface area contributed by atoms with Crippen molar-refractivity contribution in [3.63, 3.8) is 0 Å². The lowest BCUT2D eigenvalue weighted by Crippen LogP contribution is -2.47. The lowest BCUT2D eigenvalue weighted by molar-refractivity contribution is -0.144. The molecule has 0 aromatic carbocycles. The molecule has 0 bridgehead atoms. The van der Waals surface area contributed by atoms with Gasteiger partial charge in [-0.1, -0.05) is 0 Å². The van der Waals surface area contributed by atoms with Crippen LogP contribution in [-0.4, -0.2) is 27.1 Å². The van der Waals surface area contributed by atoms with Crippen molar-refractivity contribution >= 4 is 33.3 Å². The lowest BCUT2D eigenvalue weighted by Gasteiger charge is -2.51. The highest BCUT2D eigenvalue weighted by Gasteiger charge is 2.47. The van der Waals surface area contributed by atoms with Crippen LogP contribution in [-0.2, 0) is 17.6 Å². The van der Waals surface area contributed by atoms with Crippen LogP contribution in [0.15, 0.2) is 6.33 Å². The molecule has 5 nitrogen and oxygen atoms in total. The highest BCUT2D eigenvalue weighted by Crippen LogP contribution is 2.53. The zero-order valence-corrected chi connectivity index (χ0v) is 15.8. The second-order valence-corrected chi connectivity index (χ2v) is 9.56. The van der Waals surface area contributed by atoms with Gasteiger partial charge in [-0.3, -0.25) is 4.79 Å². The van der Waals surface area contributed by atoms with Crippen LogP contribution >= 0.6 is 11.3 Å². The minimum absolute atomic E-state index is 0.119. The minimum atomic E-state index is -0.612. The van der Waals surface area contributed by atoms with Crippen molar-refractivity contribution in [2.75, 3.05) is 5.32 Å². The first-order valence-electron chi connectivity index (χ1n) is 9.88. The Balaban J connectivity index is 1.30. The summed E-state index contributed by atoms with van der Waals surface area (Å²) < 4.78 is 0. The average molecular weight is 372 g/mol. The maximum atomic E-state index is 11.2. The van der Waals surface area contributed by atoms with Gasteiger partial charge in [0.1, 0.15) is 17.0 Å². The summed E-state index contributed by atoms with van der Waals surface area (Å²) in [6, 6.07) is 0.466. The predicted molar refractivity (Wildman–Crippen MR) is 103 cm³/mol. The standard InChI is InChI=1S/C20H25N3O2S/c24-19(25)12-5-7-20(8-6-12)9-13(10-20)23-17-16-14-3-1-2-4-15(14)26-18(16)22-11-21-17/h11-13H,1-10H2,(H,24,25)(H,21,22,23). The number of anilines is 1. The minimum Gasteiger partial charge on any atom is -0.481 e. The van der Waals surface area contributed by atoms with E-state index in [4.69, 9.17) is 0 Å². The molecule has 2 heterocycles. The first kappa shape index (κ1) is 16.5. The Morgan fingerprint density at radius 1 is 1.19 bits per heavy atom. The molecule has 5 rings (SSSR count). The van der Waals surface area contributed by atoms with Gasteiger partial charge in [-0.15, -0.1) is 11.3 Å². The van der Waals surface area contributed by atoms with Gasteiger partial charge in [0.05, 0.1) is 11.3 Å². The molecule has 0 radical (unpaired) electrons. The molecule has 2 N–H and O–H groups in total. The van der Waals surface area contributed by atoms with Crippen LogP contribution in [0.25, 0.3) is 10.2 Å². The molecule has 1 spiro atoms. The van der Waals surface area contributed by atoms with Crippen molar-refractivity contribution in [2.45, 2.75) is 70.3 Å². The number of aryl methyl sites for hydroxylation is 2. The number of carboxylic acids is 1. The van der Waals surface area contributed by atoms with E-state index in [1.807, 2.05) is 11.3 Å². The molecule has 2 aromatic heterocycles. The number of hydrogen-bond acceptors (Lipinski definition) is 5. The van der Waals surface area contributed by atoms with E-state index in [-0.39, 0.29) is 5.92 Å². The molecule has 3 aliphatic carbocycles. The second-order valence-electron chi connectivity index (χ2n) is 8.48. The zero-order chi connectivity index (χ0) is 17.7. The monoisotopic (exact) mass is 371 g/mol. The van der Waals surface area contributed by atoms with Crippen molar-refractivity contribution in [1.82, 2.24) is 9.97 Å². The van der Waals surface area contributed by atoms with Gasteiger partial charge in [0.15, 0.2) is 0 Å². The van der Waals surface area contributed by atoms with Crippen LogP contribution < -0.4 is 5.32 Å². The van der Waals surface area contributed by atoms with E-state index in [1.165, 1.54) is 35.1 Å². The third-order valence-electron chi connectivity index (χ3n) is 6.85. The van der Waals surface area contributed by atoms with Crippen molar-refractivity contribution in [1.29, 1.82) is 0 Å². The number of aromatic nitrogens is 2. The summed E-state index contributed by atoms with van der Waals surface area (Å²) in [5, 5.41) is 14.2. The Hall–Kier alpha value is -1.69. The Bertz CT molecular complexity index is 846. The zero-order valence-electron chi connectivity index (χ0n) is 15.0. The molecule has 0 aliphatic heterocycles. The molecule has 3 aliphatic rings. The van der Waals surface area contributed by atoms with Crippen LogP contribution in [0.5, 0.6) is 0 Å². The summed E-state index contributed by atoms with van der Waals surface area (Å²) in [5.41, 5.74) is 1.86. The fraction of sp³-hybridized carbons (Fsp3) is 0.650. The Morgan fingerprint density at radius 3 is 2.73 bits per heavy atom. The Labute approximate surface area is 157 Å². The van der Waals surface area contributed by atoms with Crippen LogP contribution in [0.3, 0.4) is 0 Å². The number of carbonyl (C=O) groups is 1. The maximum absolute atomic E-state index is 11.2. The van der Waals surface area contributed by atoms with Crippen molar-refractivity contribution in [2.24, 2.45) is 11.3 Å². The normalized spacial score (nSPS) is 30.8. The van der Waals surface area contributed by atoms with Gasteiger partial charge in [-0.25, -0.2) is 9.97 Å². The summed E-state index contributed by atoms with van der Waals surface area (Å²) in [6.45, 7) is 0. The maximum Gasteiger partial charge on any atom is 0.306 e. The summed E-state index contributed by atoms with van der Waals surface area (Å²) in [7, 11) is 0. The third kappa shape index (κ3) is 2.70. The number of nitrogens with one attached hydrogen (secondary N) is 1. The summed E-state index contributed by atoms with van der Waals surface area (Å²) in [6.07, 6.45) is 12.7. The lowest BCUT2D eigenvalue weighted by atomic mass is 9.57. The number of aliphatic carboxylic acids is 1. The highest BCUT2D eigenvalue weighted by molar-refractivity contribution is 7.19. The molecule has 0 saturated heterocycles. The number of thiophene rings is 1. The molecule has 6 heteroatoms. The van der Waals surface area contributed by atoms with Crippen LogP contribution in [0.4, 0.5) is 5.82 Å². The van der Waals surface area contributed by atoms with Crippen LogP contribution in [0, 0.1) is 11.3 Å². The number of carboxylic acid groups (broad SMARTS) is 1. The Morgan fingerprint density at radius 2 is 1.96 bits per heavy atom. The van der Waals surface area contributed by atoms with E-state index in [9.17, 15) is 9.90 Å². The van der Waals surface area contributed by atoms with Gasteiger partial charge >= 0.3 is 5.97 Å². The molecule has 0 amide bonds. The Kier molecular flexibility index (Phi) is 3.92. The summed E-state index contributed by atoms with van der Waals surface area (Å²) in [5.74, 6) is 0.291. The third-order valence-corrected chi connectivity index (χ3v) is 8.05. The SMILES string of the molecule is O=C(O)C1CCC2(CC1)CC(Nc1ncnc3sc4c(c13)CCCC4)C2. The predicted octanol–water partition coefficient (Wildman–Crippen LogP) is 4.41. The smallest absolute Gasteiger partial charge is 0.306 e. The molecular formula is C20H25N3O2S. The molecule has 26 heavy (non-hydrogen) atoms. The highest BCUT2D eigenvalue weighted by atomic mass is 32.1. The van der Waals surface area contributed by atoms with E-state index in [0.29, 0.717) is 11.5 Å². The van der Waals surface area contributed by atoms with Gasteiger partial charge in [0.25, 0.3) is 0 Å². The molecule has 2 fully saturated rings. The molecule has 0 atom stereocenters. The summed E-state index contributed by atoms with van der Waals surface area (Å²) >= 11 is 1.84. The first-order chi connectivity index (χ1) is 12.6. The van der Waals surface area contributed by atoms with E-state index in [1.54, 1.807) is 6.33 Å². The largest absolute Gasteiger partial charge is 0.481 e. The van der Waals surface area contributed by atoms with E-state index in [2.05, 4.69) is 15.3 Å². The van der Waals surface area contributed by atoms with Crippen molar-refractivity contribution in [3.05, 3.63) is 16.8 Å². The van der Waals surface area contributed by atoms with Gasteiger partial charge in [0.2, 0.25) is 0 Å². The quantitative estimate of drug-likeness (QED) is 0.836. The van der Waals surface area contributed by atoms with Gasteiger partial charge in [-0.05, 0) is 75.2 Å². The molecule has 138 valence electrons. The number of hydrogen-bond donors (Lipinski definition) is 2. The van der Waals surface area contributed by atoms with E-state index < -0.39 is 5.97 Å². The van der Waals surface area contributed by atoms with Crippen LogP contribution in [0.1, 0.15) is 61.8 Å². The molecule has 2 aromatic rings. The molecule has 0 unspecified atom stereocenters. The first-order valence-corrected chi connectivity index (χ1v) is 10.7. The van der Waals surface area contributed by atoms with Gasteiger partial charge < -0.3 is 10.4 Å². The van der Waals surface area contributed by atoms with E-state index in [0.717, 1.165) is 55.6 Å². The molecular weight excluding hydrogens is 346 g/mol.